The Hall–Kier alpha value is -0.0800. The third-order valence-corrected chi connectivity index (χ3v) is 4.59. The summed E-state index contributed by atoms with van der Waals surface area (Å²) in [6.45, 7) is 11.5. The second-order valence-electron chi connectivity index (χ2n) is 5.50. The molecule has 0 bridgehead atoms. The van der Waals surface area contributed by atoms with Crippen LogP contribution in [0.4, 0.5) is 0 Å². The molecule has 2 nitrogen and oxygen atoms in total. The minimum Gasteiger partial charge on any atom is -0.316 e. The zero-order valence-electron chi connectivity index (χ0n) is 10.8. The quantitative estimate of drug-likeness (QED) is 0.787. The Morgan fingerprint density at radius 1 is 1.31 bits per heavy atom. The molecule has 0 amide bonds. The SMILES string of the molecule is [CH2]CC1CCN(C(CC)C2CCNC2)CC1. The van der Waals surface area contributed by atoms with E-state index < -0.39 is 0 Å². The van der Waals surface area contributed by atoms with Crippen molar-refractivity contribution in [2.45, 2.75) is 45.1 Å². The van der Waals surface area contributed by atoms with E-state index in [1.165, 1.54) is 51.9 Å². The van der Waals surface area contributed by atoms with Gasteiger partial charge in [-0.25, -0.2) is 0 Å². The van der Waals surface area contributed by atoms with Gasteiger partial charge in [-0.15, -0.1) is 0 Å². The molecule has 0 aromatic carbocycles. The van der Waals surface area contributed by atoms with E-state index in [0.29, 0.717) is 0 Å². The second-order valence-corrected chi connectivity index (χ2v) is 5.50. The number of piperidine rings is 1. The van der Waals surface area contributed by atoms with Gasteiger partial charge < -0.3 is 10.2 Å². The van der Waals surface area contributed by atoms with E-state index >= 15 is 0 Å². The predicted molar refractivity (Wildman–Crippen MR) is 69.3 cm³/mol. The molecule has 93 valence electrons. The lowest BCUT2D eigenvalue weighted by atomic mass is 9.89. The van der Waals surface area contributed by atoms with Crippen LogP contribution < -0.4 is 5.32 Å². The summed E-state index contributed by atoms with van der Waals surface area (Å²) in [6, 6.07) is 0.834. The lowest BCUT2D eigenvalue weighted by Crippen LogP contribution is -2.45. The zero-order chi connectivity index (χ0) is 11.4. The number of hydrogen-bond donors (Lipinski definition) is 1. The van der Waals surface area contributed by atoms with E-state index in [1.807, 2.05) is 0 Å². The van der Waals surface area contributed by atoms with E-state index in [9.17, 15) is 0 Å². The van der Waals surface area contributed by atoms with Gasteiger partial charge in [0, 0.05) is 6.04 Å². The second kappa shape index (κ2) is 6.02. The Morgan fingerprint density at radius 3 is 2.56 bits per heavy atom. The Morgan fingerprint density at radius 2 is 2.06 bits per heavy atom. The number of nitrogens with zero attached hydrogens (tertiary/aromatic N) is 1. The fourth-order valence-electron chi connectivity index (χ4n) is 3.47. The summed E-state index contributed by atoms with van der Waals surface area (Å²) in [7, 11) is 0. The summed E-state index contributed by atoms with van der Waals surface area (Å²) in [5.41, 5.74) is 0. The molecule has 2 atom stereocenters. The number of hydrogen-bond acceptors (Lipinski definition) is 2. The highest BCUT2D eigenvalue weighted by Gasteiger charge is 2.30. The first-order chi connectivity index (χ1) is 7.85. The highest BCUT2D eigenvalue weighted by Crippen LogP contribution is 2.27. The van der Waals surface area contributed by atoms with Crippen molar-refractivity contribution < 1.29 is 0 Å². The largest absolute Gasteiger partial charge is 0.316 e. The van der Waals surface area contributed by atoms with Gasteiger partial charge in [-0.1, -0.05) is 20.3 Å². The number of nitrogens with one attached hydrogen (secondary N) is 1. The van der Waals surface area contributed by atoms with Crippen LogP contribution in [-0.2, 0) is 0 Å². The smallest absolute Gasteiger partial charge is 0.0133 e. The number of likely N-dealkylation sites (tertiary alicyclic amines) is 1. The Bertz CT molecular complexity index is 191. The molecular weight excluding hydrogens is 196 g/mol. The van der Waals surface area contributed by atoms with Crippen molar-refractivity contribution in [2.24, 2.45) is 11.8 Å². The summed E-state index contributed by atoms with van der Waals surface area (Å²) in [5.74, 6) is 1.80. The fourth-order valence-corrected chi connectivity index (χ4v) is 3.47. The van der Waals surface area contributed by atoms with Crippen LogP contribution in [0.3, 0.4) is 0 Å². The predicted octanol–water partition coefficient (Wildman–Crippen LogP) is 2.31. The summed E-state index contributed by atoms with van der Waals surface area (Å²) in [5, 5.41) is 3.51. The van der Waals surface area contributed by atoms with Crippen molar-refractivity contribution in [3.8, 4) is 0 Å². The standard InChI is InChI=1S/C14H27N2/c1-3-12-6-9-16(10-7-12)14(4-2)13-5-8-15-11-13/h12-15H,1,3-11H2,2H3. The minimum absolute atomic E-state index is 0.834. The van der Waals surface area contributed by atoms with Crippen LogP contribution in [0.2, 0.25) is 0 Å². The molecule has 2 rings (SSSR count). The van der Waals surface area contributed by atoms with Gasteiger partial charge in [-0.3, -0.25) is 0 Å². The maximum atomic E-state index is 4.05. The van der Waals surface area contributed by atoms with Gasteiger partial charge >= 0.3 is 0 Å². The van der Waals surface area contributed by atoms with Gasteiger partial charge in [-0.05, 0) is 63.7 Å². The number of rotatable bonds is 4. The summed E-state index contributed by atoms with van der Waals surface area (Å²) in [4.78, 5) is 2.75. The Balaban J connectivity index is 1.85. The van der Waals surface area contributed by atoms with Crippen molar-refractivity contribution >= 4 is 0 Å². The zero-order valence-corrected chi connectivity index (χ0v) is 10.8. The summed E-state index contributed by atoms with van der Waals surface area (Å²) >= 11 is 0. The van der Waals surface area contributed by atoms with Gasteiger partial charge in [0.1, 0.15) is 0 Å². The first-order valence-corrected chi connectivity index (χ1v) is 7.09. The monoisotopic (exact) mass is 223 g/mol. The molecule has 2 saturated heterocycles. The molecule has 0 aromatic rings. The van der Waals surface area contributed by atoms with Crippen molar-refractivity contribution in [3.05, 3.63) is 6.92 Å². The molecule has 0 aliphatic carbocycles. The van der Waals surface area contributed by atoms with Crippen molar-refractivity contribution in [3.63, 3.8) is 0 Å². The van der Waals surface area contributed by atoms with Crippen LogP contribution in [0.1, 0.15) is 39.0 Å². The highest BCUT2D eigenvalue weighted by molar-refractivity contribution is 4.86. The van der Waals surface area contributed by atoms with Crippen LogP contribution >= 0.6 is 0 Å². The van der Waals surface area contributed by atoms with Gasteiger partial charge in [0.05, 0.1) is 0 Å². The average molecular weight is 223 g/mol. The van der Waals surface area contributed by atoms with Crippen LogP contribution in [0.5, 0.6) is 0 Å². The molecule has 0 aromatic heterocycles. The molecule has 2 heterocycles. The Labute approximate surface area is 101 Å². The van der Waals surface area contributed by atoms with Gasteiger partial charge in [0.25, 0.3) is 0 Å². The van der Waals surface area contributed by atoms with Gasteiger partial charge in [-0.2, -0.15) is 0 Å². The molecule has 2 unspecified atom stereocenters. The Kier molecular flexibility index (Phi) is 4.66. The van der Waals surface area contributed by atoms with Crippen molar-refractivity contribution in [1.29, 1.82) is 0 Å². The first kappa shape index (κ1) is 12.4. The molecule has 2 aliphatic rings. The molecule has 2 heteroatoms. The molecule has 2 fully saturated rings. The van der Waals surface area contributed by atoms with Crippen LogP contribution in [0.15, 0.2) is 0 Å². The molecule has 16 heavy (non-hydrogen) atoms. The molecule has 2 aliphatic heterocycles. The van der Waals surface area contributed by atoms with E-state index in [1.54, 1.807) is 0 Å². The fraction of sp³-hybridized carbons (Fsp3) is 0.929. The van der Waals surface area contributed by atoms with Gasteiger partial charge in [0.15, 0.2) is 0 Å². The maximum absolute atomic E-state index is 4.05. The van der Waals surface area contributed by atoms with Crippen LogP contribution in [0, 0.1) is 18.8 Å². The van der Waals surface area contributed by atoms with Gasteiger partial charge in [0.2, 0.25) is 0 Å². The molecule has 1 radical (unpaired) electrons. The topological polar surface area (TPSA) is 15.3 Å². The van der Waals surface area contributed by atoms with Crippen molar-refractivity contribution in [1.82, 2.24) is 10.2 Å². The molecule has 0 spiro atoms. The highest BCUT2D eigenvalue weighted by atomic mass is 15.2. The third kappa shape index (κ3) is 2.78. The van der Waals surface area contributed by atoms with E-state index in [4.69, 9.17) is 0 Å². The van der Waals surface area contributed by atoms with E-state index in [-0.39, 0.29) is 0 Å². The normalized spacial score (nSPS) is 30.8. The first-order valence-electron chi connectivity index (χ1n) is 7.09. The minimum atomic E-state index is 0.834. The average Bonchev–Trinajstić information content (AvgIpc) is 2.85. The van der Waals surface area contributed by atoms with E-state index in [2.05, 4.69) is 24.1 Å². The van der Waals surface area contributed by atoms with E-state index in [0.717, 1.165) is 24.3 Å². The summed E-state index contributed by atoms with van der Waals surface area (Å²) in [6.07, 6.45) is 6.59. The summed E-state index contributed by atoms with van der Waals surface area (Å²) < 4.78 is 0. The van der Waals surface area contributed by atoms with Crippen LogP contribution in [0.25, 0.3) is 0 Å². The molecule has 0 saturated carbocycles. The maximum Gasteiger partial charge on any atom is 0.0133 e. The van der Waals surface area contributed by atoms with Crippen LogP contribution in [-0.4, -0.2) is 37.1 Å². The lowest BCUT2D eigenvalue weighted by Gasteiger charge is -2.39. The molecular formula is C14H27N2. The third-order valence-electron chi connectivity index (χ3n) is 4.59. The lowest BCUT2D eigenvalue weighted by molar-refractivity contribution is 0.0966. The molecule has 1 N–H and O–H groups in total. The van der Waals surface area contributed by atoms with Crippen molar-refractivity contribution in [2.75, 3.05) is 26.2 Å².